The van der Waals surface area contributed by atoms with Crippen LogP contribution in [0.1, 0.15) is 32.6 Å². The molecule has 0 N–H and O–H groups in total. The van der Waals surface area contributed by atoms with Gasteiger partial charge in [-0.3, -0.25) is 4.79 Å². The van der Waals surface area contributed by atoms with Crippen LogP contribution in [0.5, 0.6) is 0 Å². The van der Waals surface area contributed by atoms with E-state index in [1.54, 1.807) is 19.1 Å². The van der Waals surface area contributed by atoms with Gasteiger partial charge < -0.3 is 19.2 Å². The molecule has 0 radical (unpaired) electrons. The molecule has 1 aliphatic rings. The second-order valence-corrected chi connectivity index (χ2v) is 4.40. The second kappa shape index (κ2) is 6.12. The van der Waals surface area contributed by atoms with Crippen molar-refractivity contribution < 1.29 is 19.1 Å². The predicted octanol–water partition coefficient (Wildman–Crippen LogP) is 0.967. The number of piperidine rings is 1. The van der Waals surface area contributed by atoms with Gasteiger partial charge in [0.1, 0.15) is 5.78 Å². The van der Waals surface area contributed by atoms with Gasteiger partial charge in [-0.25, -0.2) is 0 Å². The molecule has 98 valence electrons. The van der Waals surface area contributed by atoms with E-state index in [0.717, 1.165) is 0 Å². The lowest BCUT2D eigenvalue weighted by Crippen LogP contribution is -2.48. The topological polar surface area (TPSA) is 55.8 Å². The van der Waals surface area contributed by atoms with Crippen LogP contribution in [0.15, 0.2) is 0 Å². The van der Waals surface area contributed by atoms with E-state index in [1.165, 1.54) is 6.92 Å². The number of methoxy groups -OCH3 is 2. The van der Waals surface area contributed by atoms with Crippen molar-refractivity contribution in [1.82, 2.24) is 4.90 Å². The van der Waals surface area contributed by atoms with Gasteiger partial charge in [0.2, 0.25) is 5.91 Å². The summed E-state index contributed by atoms with van der Waals surface area (Å²) in [6.45, 7) is 2.75. The van der Waals surface area contributed by atoms with Crippen LogP contribution in [0.4, 0.5) is 0 Å². The van der Waals surface area contributed by atoms with Gasteiger partial charge in [-0.1, -0.05) is 0 Å². The number of Topliss-reactive ketones (excluding diaryl/α,β-unsaturated/α-hetero) is 1. The Hall–Kier alpha value is -0.940. The van der Waals surface area contributed by atoms with Crippen molar-refractivity contribution in [2.75, 3.05) is 27.3 Å². The fourth-order valence-electron chi connectivity index (χ4n) is 2.03. The zero-order valence-electron chi connectivity index (χ0n) is 10.8. The van der Waals surface area contributed by atoms with Crippen molar-refractivity contribution in [3.8, 4) is 0 Å². The first-order chi connectivity index (χ1) is 8.03. The Morgan fingerprint density at radius 2 is 1.65 bits per heavy atom. The highest BCUT2D eigenvalue weighted by Crippen LogP contribution is 2.26. The van der Waals surface area contributed by atoms with Gasteiger partial charge in [-0.05, 0) is 6.92 Å². The predicted molar refractivity (Wildman–Crippen MR) is 62.5 cm³/mol. The lowest BCUT2D eigenvalue weighted by molar-refractivity contribution is -0.228. The summed E-state index contributed by atoms with van der Waals surface area (Å²) in [5.41, 5.74) is 0. The molecule has 0 aromatic heterocycles. The number of carbonyl (C=O) groups excluding carboxylic acids is 2. The van der Waals surface area contributed by atoms with E-state index in [-0.39, 0.29) is 11.7 Å². The maximum atomic E-state index is 11.8. The molecule has 5 heteroatoms. The molecule has 0 saturated carbocycles. The lowest BCUT2D eigenvalue weighted by Gasteiger charge is -2.39. The number of ketones is 1. The highest BCUT2D eigenvalue weighted by Gasteiger charge is 2.35. The number of rotatable bonds is 5. The maximum Gasteiger partial charge on any atom is 0.223 e. The molecule has 5 nitrogen and oxygen atoms in total. The first-order valence-electron chi connectivity index (χ1n) is 5.90. The molecule has 0 unspecified atom stereocenters. The van der Waals surface area contributed by atoms with Crippen molar-refractivity contribution in [1.29, 1.82) is 0 Å². The third-order valence-electron chi connectivity index (χ3n) is 3.31. The van der Waals surface area contributed by atoms with Crippen molar-refractivity contribution in [2.24, 2.45) is 0 Å². The Bertz CT molecular complexity index is 276. The Morgan fingerprint density at radius 3 is 2.06 bits per heavy atom. The minimum absolute atomic E-state index is 0.0426. The van der Waals surface area contributed by atoms with Crippen LogP contribution in [-0.2, 0) is 19.1 Å². The Labute approximate surface area is 102 Å². The molecule has 0 aromatic rings. The molecular weight excluding hydrogens is 222 g/mol. The number of ether oxygens (including phenoxy) is 2. The van der Waals surface area contributed by atoms with Gasteiger partial charge in [-0.15, -0.1) is 0 Å². The highest BCUT2D eigenvalue weighted by molar-refractivity contribution is 5.83. The van der Waals surface area contributed by atoms with Gasteiger partial charge in [0.05, 0.1) is 0 Å². The van der Waals surface area contributed by atoms with E-state index < -0.39 is 5.79 Å². The Kier molecular flexibility index (Phi) is 5.08. The molecule has 1 heterocycles. The van der Waals surface area contributed by atoms with Gasteiger partial charge in [0.15, 0.2) is 5.79 Å². The van der Waals surface area contributed by atoms with Gasteiger partial charge >= 0.3 is 0 Å². The van der Waals surface area contributed by atoms with Crippen LogP contribution < -0.4 is 0 Å². The molecule has 0 aromatic carbocycles. The van der Waals surface area contributed by atoms with Crippen LogP contribution in [0.3, 0.4) is 0 Å². The van der Waals surface area contributed by atoms with Crippen molar-refractivity contribution in [3.63, 3.8) is 0 Å². The van der Waals surface area contributed by atoms with E-state index in [0.29, 0.717) is 38.8 Å². The third-order valence-corrected chi connectivity index (χ3v) is 3.31. The molecule has 0 spiro atoms. The molecule has 0 atom stereocenters. The molecule has 17 heavy (non-hydrogen) atoms. The Balaban J connectivity index is 2.40. The van der Waals surface area contributed by atoms with E-state index >= 15 is 0 Å². The van der Waals surface area contributed by atoms with E-state index in [1.807, 2.05) is 0 Å². The summed E-state index contributed by atoms with van der Waals surface area (Å²) in [5, 5.41) is 0. The average Bonchev–Trinajstić information content (AvgIpc) is 2.36. The van der Waals surface area contributed by atoms with Crippen LogP contribution in [0.25, 0.3) is 0 Å². The standard InChI is InChI=1S/C12H21NO4/c1-10(14)4-5-11(15)13-8-6-12(16-2,17-3)7-9-13/h4-9H2,1-3H3. The third kappa shape index (κ3) is 3.78. The summed E-state index contributed by atoms with van der Waals surface area (Å²) < 4.78 is 10.7. The number of hydrogen-bond donors (Lipinski definition) is 0. The van der Waals surface area contributed by atoms with Crippen molar-refractivity contribution >= 4 is 11.7 Å². The van der Waals surface area contributed by atoms with Crippen LogP contribution in [-0.4, -0.2) is 49.7 Å². The molecule has 1 amide bonds. The monoisotopic (exact) mass is 243 g/mol. The summed E-state index contributed by atoms with van der Waals surface area (Å²) >= 11 is 0. The number of nitrogens with zero attached hydrogens (tertiary/aromatic N) is 1. The van der Waals surface area contributed by atoms with Gasteiger partial charge in [0, 0.05) is 53.0 Å². The number of hydrogen-bond acceptors (Lipinski definition) is 4. The zero-order valence-corrected chi connectivity index (χ0v) is 10.8. The first-order valence-corrected chi connectivity index (χ1v) is 5.90. The molecule has 1 saturated heterocycles. The number of amides is 1. The minimum Gasteiger partial charge on any atom is -0.353 e. The lowest BCUT2D eigenvalue weighted by atomic mass is 10.0. The van der Waals surface area contributed by atoms with Gasteiger partial charge in [0.25, 0.3) is 0 Å². The molecule has 1 rings (SSSR count). The Morgan fingerprint density at radius 1 is 1.12 bits per heavy atom. The normalized spacial score (nSPS) is 19.1. The second-order valence-electron chi connectivity index (χ2n) is 4.40. The highest BCUT2D eigenvalue weighted by atomic mass is 16.7. The summed E-state index contributed by atoms with van der Waals surface area (Å²) in [4.78, 5) is 24.4. The molecule has 1 fully saturated rings. The minimum atomic E-state index is -0.544. The molecule has 1 aliphatic heterocycles. The van der Waals surface area contributed by atoms with E-state index in [2.05, 4.69) is 0 Å². The first kappa shape index (κ1) is 14.1. The van der Waals surface area contributed by atoms with Crippen LogP contribution >= 0.6 is 0 Å². The smallest absolute Gasteiger partial charge is 0.223 e. The average molecular weight is 243 g/mol. The summed E-state index contributed by atoms with van der Waals surface area (Å²) in [5.74, 6) is -0.448. The quantitative estimate of drug-likeness (QED) is 0.675. The van der Waals surface area contributed by atoms with E-state index in [4.69, 9.17) is 9.47 Å². The number of likely N-dealkylation sites (tertiary alicyclic amines) is 1. The fourth-order valence-corrected chi connectivity index (χ4v) is 2.03. The van der Waals surface area contributed by atoms with Crippen molar-refractivity contribution in [3.05, 3.63) is 0 Å². The molecule has 0 bridgehead atoms. The fraction of sp³-hybridized carbons (Fsp3) is 0.833. The largest absolute Gasteiger partial charge is 0.353 e. The van der Waals surface area contributed by atoms with Gasteiger partial charge in [-0.2, -0.15) is 0 Å². The van der Waals surface area contributed by atoms with Crippen molar-refractivity contribution in [2.45, 2.75) is 38.4 Å². The van der Waals surface area contributed by atoms with Crippen LogP contribution in [0, 0.1) is 0 Å². The SMILES string of the molecule is COC1(OC)CCN(C(=O)CCC(C)=O)CC1. The van der Waals surface area contributed by atoms with Crippen LogP contribution in [0.2, 0.25) is 0 Å². The summed E-state index contributed by atoms with van der Waals surface area (Å²) in [6, 6.07) is 0. The summed E-state index contributed by atoms with van der Waals surface area (Å²) in [7, 11) is 3.24. The van der Waals surface area contributed by atoms with E-state index in [9.17, 15) is 9.59 Å². The molecular formula is C12H21NO4. The maximum absolute atomic E-state index is 11.8. The number of carbonyl (C=O) groups is 2. The molecule has 0 aliphatic carbocycles. The summed E-state index contributed by atoms with van der Waals surface area (Å²) in [6.07, 6.45) is 1.98. The zero-order chi connectivity index (χ0) is 12.9.